The van der Waals surface area contributed by atoms with Crippen molar-refractivity contribution in [3.63, 3.8) is 0 Å². The summed E-state index contributed by atoms with van der Waals surface area (Å²) in [6.45, 7) is 9.71. The zero-order valence-corrected chi connectivity index (χ0v) is 18.1. The van der Waals surface area contributed by atoms with Crippen molar-refractivity contribution in [3.8, 4) is 0 Å². The third-order valence-corrected chi connectivity index (χ3v) is 6.97. The van der Waals surface area contributed by atoms with Crippen LogP contribution in [0.3, 0.4) is 0 Å². The van der Waals surface area contributed by atoms with Crippen molar-refractivity contribution in [2.45, 2.75) is 78.3 Å². The summed E-state index contributed by atoms with van der Waals surface area (Å²) in [7, 11) is -0.346. The number of esters is 1. The van der Waals surface area contributed by atoms with Crippen molar-refractivity contribution in [1.82, 2.24) is 0 Å². The molecule has 0 radical (unpaired) electrons. The average Bonchev–Trinajstić information content (AvgIpc) is 2.64. The summed E-state index contributed by atoms with van der Waals surface area (Å²) >= 11 is 0. The van der Waals surface area contributed by atoms with Crippen LogP contribution in [0.5, 0.6) is 0 Å². The maximum atomic E-state index is 13.9. The molecule has 0 bridgehead atoms. The molecule has 1 aromatic carbocycles. The number of ether oxygens (including phenoxy) is 1. The van der Waals surface area contributed by atoms with Gasteiger partial charge in [0, 0.05) is 5.56 Å². The molecule has 1 unspecified atom stereocenters. The highest BCUT2D eigenvalue weighted by Crippen LogP contribution is 2.54. The molecule has 2 rings (SSSR count). The summed E-state index contributed by atoms with van der Waals surface area (Å²) in [5.41, 5.74) is 2.60. The van der Waals surface area contributed by atoms with E-state index in [4.69, 9.17) is 4.74 Å². The van der Waals surface area contributed by atoms with Crippen LogP contribution in [-0.4, -0.2) is 23.5 Å². The molecule has 5 heteroatoms. The van der Waals surface area contributed by atoms with E-state index in [1.807, 2.05) is 39.8 Å². The van der Waals surface area contributed by atoms with Crippen LogP contribution < -0.4 is 0 Å². The first kappa shape index (κ1) is 21.8. The molecule has 0 aliphatic heterocycles. The fourth-order valence-corrected chi connectivity index (χ4v) is 5.16. The van der Waals surface area contributed by atoms with Gasteiger partial charge in [-0.2, -0.15) is 0 Å². The molecule has 1 aromatic rings. The van der Waals surface area contributed by atoms with Gasteiger partial charge in [0.05, 0.1) is 12.0 Å². The minimum atomic E-state index is -1.37. The quantitative estimate of drug-likeness (QED) is 0.338. The molecule has 0 amide bonds. The Morgan fingerprint density at radius 2 is 1.67 bits per heavy atom. The molecular formula is C22H31O4P. The van der Waals surface area contributed by atoms with E-state index in [0.29, 0.717) is 24.8 Å². The van der Waals surface area contributed by atoms with Gasteiger partial charge < -0.3 is 4.74 Å². The van der Waals surface area contributed by atoms with Gasteiger partial charge in [-0.05, 0) is 58.1 Å². The number of rotatable bonds is 7. The van der Waals surface area contributed by atoms with E-state index in [9.17, 15) is 14.2 Å². The SMILES string of the molecule is CCCOC(=O)C(C)(P=O)C1(C(=O)c2c(C)cc(C)cc2C)CCCCC1. The Morgan fingerprint density at radius 1 is 1.11 bits per heavy atom. The predicted octanol–water partition coefficient (Wildman–Crippen LogP) is 5.75. The van der Waals surface area contributed by atoms with Crippen molar-refractivity contribution in [1.29, 1.82) is 0 Å². The van der Waals surface area contributed by atoms with E-state index in [0.717, 1.165) is 36.0 Å². The van der Waals surface area contributed by atoms with Crippen LogP contribution in [0.15, 0.2) is 12.1 Å². The van der Waals surface area contributed by atoms with Gasteiger partial charge in [0.1, 0.15) is 0 Å². The van der Waals surface area contributed by atoms with Crippen molar-refractivity contribution >= 4 is 20.2 Å². The van der Waals surface area contributed by atoms with Gasteiger partial charge in [0.2, 0.25) is 0 Å². The smallest absolute Gasteiger partial charge is 0.324 e. The lowest BCUT2D eigenvalue weighted by atomic mass is 9.61. The van der Waals surface area contributed by atoms with Crippen molar-refractivity contribution < 1.29 is 18.9 Å². The third kappa shape index (κ3) is 3.87. The molecule has 1 fully saturated rings. The van der Waals surface area contributed by atoms with Gasteiger partial charge >= 0.3 is 5.97 Å². The van der Waals surface area contributed by atoms with Crippen LogP contribution in [0.4, 0.5) is 0 Å². The second kappa shape index (κ2) is 8.65. The van der Waals surface area contributed by atoms with Gasteiger partial charge in [0.15, 0.2) is 19.4 Å². The number of hydrogen-bond acceptors (Lipinski definition) is 4. The number of benzene rings is 1. The maximum absolute atomic E-state index is 13.9. The normalized spacial score (nSPS) is 18.7. The molecule has 1 aliphatic rings. The molecule has 1 saturated carbocycles. The zero-order valence-electron chi connectivity index (χ0n) is 17.2. The largest absolute Gasteiger partial charge is 0.465 e. The van der Waals surface area contributed by atoms with Gasteiger partial charge in [-0.1, -0.05) is 43.9 Å². The molecule has 0 heterocycles. The van der Waals surface area contributed by atoms with Crippen molar-refractivity contribution in [2.24, 2.45) is 5.41 Å². The topological polar surface area (TPSA) is 60.4 Å². The minimum absolute atomic E-state index is 0.0588. The average molecular weight is 390 g/mol. The summed E-state index contributed by atoms with van der Waals surface area (Å²) in [5, 5.41) is -1.37. The second-order valence-electron chi connectivity index (χ2n) is 8.05. The standard InChI is InChI=1S/C22H31O4P/c1-6-12-26-20(24)21(5,27-25)22(10-8-7-9-11-22)19(23)18-16(3)13-15(2)14-17(18)4/h13-14H,6-12H2,1-5H3. The Labute approximate surface area is 164 Å². The summed E-state index contributed by atoms with van der Waals surface area (Å²) in [4.78, 5) is 26.8. The first-order valence-corrected chi connectivity index (χ1v) is 10.7. The fourth-order valence-electron chi connectivity index (χ4n) is 4.52. The summed E-state index contributed by atoms with van der Waals surface area (Å²) in [6.07, 6.45) is 4.53. The summed E-state index contributed by atoms with van der Waals surface area (Å²) in [6, 6.07) is 4.00. The van der Waals surface area contributed by atoms with E-state index < -0.39 is 16.5 Å². The van der Waals surface area contributed by atoms with Crippen molar-refractivity contribution in [2.75, 3.05) is 6.61 Å². The predicted molar refractivity (Wildman–Crippen MR) is 108 cm³/mol. The van der Waals surface area contributed by atoms with Gasteiger partial charge in [-0.15, -0.1) is 0 Å². The number of carbonyl (C=O) groups is 2. The highest BCUT2D eigenvalue weighted by molar-refractivity contribution is 7.28. The first-order chi connectivity index (χ1) is 12.7. The number of hydrogen-bond donors (Lipinski definition) is 0. The Kier molecular flexibility index (Phi) is 6.97. The lowest BCUT2D eigenvalue weighted by Crippen LogP contribution is -2.54. The minimum Gasteiger partial charge on any atom is -0.465 e. The third-order valence-electron chi connectivity index (χ3n) is 6.00. The molecule has 148 valence electrons. The summed E-state index contributed by atoms with van der Waals surface area (Å²) < 4.78 is 17.7. The zero-order chi connectivity index (χ0) is 20.2. The molecule has 0 N–H and O–H groups in total. The number of carbonyl (C=O) groups excluding carboxylic acids is 2. The molecule has 4 nitrogen and oxygen atoms in total. The van der Waals surface area contributed by atoms with Gasteiger partial charge in [-0.25, -0.2) is 0 Å². The van der Waals surface area contributed by atoms with Crippen LogP contribution in [0, 0.1) is 26.2 Å². The molecular weight excluding hydrogens is 359 g/mol. The second-order valence-corrected chi connectivity index (χ2v) is 9.12. The van der Waals surface area contributed by atoms with Gasteiger partial charge in [0.25, 0.3) is 0 Å². The van der Waals surface area contributed by atoms with Crippen molar-refractivity contribution in [3.05, 3.63) is 34.4 Å². The Bertz CT molecular complexity index is 711. The lowest BCUT2D eigenvalue weighted by Gasteiger charge is -2.44. The number of Topliss-reactive ketones (excluding diaryl/α,β-unsaturated/α-hetero) is 1. The van der Waals surface area contributed by atoms with Crippen LogP contribution in [0.2, 0.25) is 0 Å². The molecule has 1 aliphatic carbocycles. The van der Waals surface area contributed by atoms with E-state index in [-0.39, 0.29) is 20.9 Å². The molecule has 0 saturated heterocycles. The van der Waals surface area contributed by atoms with E-state index in [1.54, 1.807) is 6.92 Å². The lowest BCUT2D eigenvalue weighted by molar-refractivity contribution is -0.150. The molecule has 1 atom stereocenters. The Hall–Kier alpha value is -1.54. The molecule has 0 spiro atoms. The van der Waals surface area contributed by atoms with Crippen LogP contribution in [-0.2, 0) is 14.1 Å². The highest BCUT2D eigenvalue weighted by atomic mass is 31.1. The number of aryl methyl sites for hydroxylation is 3. The number of ketones is 1. The van der Waals surface area contributed by atoms with E-state index in [1.165, 1.54) is 0 Å². The molecule has 0 aromatic heterocycles. The van der Waals surface area contributed by atoms with E-state index in [2.05, 4.69) is 0 Å². The Morgan fingerprint density at radius 3 is 2.15 bits per heavy atom. The Balaban J connectivity index is 2.61. The van der Waals surface area contributed by atoms with Gasteiger partial charge in [-0.3, -0.25) is 14.2 Å². The van der Waals surface area contributed by atoms with E-state index >= 15 is 0 Å². The summed E-state index contributed by atoms with van der Waals surface area (Å²) in [5.74, 6) is -0.588. The van der Waals surface area contributed by atoms with Crippen LogP contribution >= 0.6 is 8.46 Å². The highest BCUT2D eigenvalue weighted by Gasteiger charge is 2.60. The first-order valence-electron chi connectivity index (χ1n) is 9.88. The maximum Gasteiger partial charge on any atom is 0.324 e. The fraction of sp³-hybridized carbons (Fsp3) is 0.636. The van der Waals surface area contributed by atoms with Crippen LogP contribution in [0.25, 0.3) is 0 Å². The molecule has 27 heavy (non-hydrogen) atoms. The monoisotopic (exact) mass is 390 g/mol. The van der Waals surface area contributed by atoms with Crippen LogP contribution in [0.1, 0.15) is 79.4 Å².